The normalized spacial score (nSPS) is 20.9. The van der Waals surface area contributed by atoms with Crippen LogP contribution >= 0.6 is 0 Å². The van der Waals surface area contributed by atoms with Crippen molar-refractivity contribution in [2.45, 2.75) is 56.3 Å². The largest absolute Gasteiger partial charge is 0.497 e. The highest BCUT2D eigenvalue weighted by atomic mass is 16.5. The van der Waals surface area contributed by atoms with Crippen molar-refractivity contribution in [1.29, 1.82) is 0 Å². The Balaban J connectivity index is 1.30. The van der Waals surface area contributed by atoms with E-state index in [0.717, 1.165) is 35.5 Å². The van der Waals surface area contributed by atoms with E-state index in [1.807, 2.05) is 41.4 Å². The summed E-state index contributed by atoms with van der Waals surface area (Å²) in [5.74, 6) is 2.94. The van der Waals surface area contributed by atoms with Gasteiger partial charge in [0.25, 0.3) is 0 Å². The first-order valence-corrected chi connectivity index (χ1v) is 11.9. The second-order valence-electron chi connectivity index (χ2n) is 9.12. The van der Waals surface area contributed by atoms with Crippen LogP contribution in [-0.2, 0) is 11.2 Å². The lowest BCUT2D eigenvalue weighted by Gasteiger charge is -2.16. The number of carbonyl (C=O) groups is 1. The average Bonchev–Trinajstić information content (AvgIpc) is 3.63. The zero-order valence-corrected chi connectivity index (χ0v) is 19.0. The van der Waals surface area contributed by atoms with Crippen molar-refractivity contribution in [3.63, 3.8) is 0 Å². The molecule has 0 spiro atoms. The van der Waals surface area contributed by atoms with Crippen LogP contribution in [0.2, 0.25) is 0 Å². The molecule has 1 aromatic carbocycles. The molecule has 0 radical (unpaired) electrons. The van der Waals surface area contributed by atoms with Gasteiger partial charge in [-0.25, -0.2) is 0 Å². The minimum atomic E-state index is -0.0122. The molecule has 5 rings (SSSR count). The lowest BCUT2D eigenvalue weighted by atomic mass is 9.90. The fraction of sp³-hybridized carbons (Fsp3) is 0.462. The fourth-order valence-corrected chi connectivity index (χ4v) is 5.14. The van der Waals surface area contributed by atoms with Crippen LogP contribution in [0.3, 0.4) is 0 Å². The maximum Gasteiger partial charge on any atom is 0.232 e. The molecule has 3 aromatic rings. The zero-order chi connectivity index (χ0) is 22.6. The maximum atomic E-state index is 13.1. The lowest BCUT2D eigenvalue weighted by molar-refractivity contribution is -0.130. The summed E-state index contributed by atoms with van der Waals surface area (Å²) in [5, 5.41) is 4.32. The molecular formula is C26H30N4O3. The Morgan fingerprint density at radius 2 is 1.91 bits per heavy atom. The van der Waals surface area contributed by atoms with Crippen molar-refractivity contribution in [2.24, 2.45) is 0 Å². The number of nitrogens with zero attached hydrogens (tertiary/aromatic N) is 4. The Kier molecular flexibility index (Phi) is 6.37. The molecule has 2 aliphatic rings. The quantitative estimate of drug-likeness (QED) is 0.533. The number of hydrogen-bond acceptors (Lipinski definition) is 6. The van der Waals surface area contributed by atoms with Crippen LogP contribution in [0.5, 0.6) is 5.75 Å². The fourth-order valence-electron chi connectivity index (χ4n) is 5.14. The van der Waals surface area contributed by atoms with E-state index in [4.69, 9.17) is 14.2 Å². The highest BCUT2D eigenvalue weighted by Crippen LogP contribution is 2.40. The summed E-state index contributed by atoms with van der Waals surface area (Å²) in [6, 6.07) is 11.9. The van der Waals surface area contributed by atoms with Gasteiger partial charge in [0, 0.05) is 43.7 Å². The summed E-state index contributed by atoms with van der Waals surface area (Å²) < 4.78 is 11.0. The number of benzene rings is 1. The van der Waals surface area contributed by atoms with E-state index in [0.29, 0.717) is 37.7 Å². The molecule has 172 valence electrons. The molecule has 0 bridgehead atoms. The molecule has 1 saturated carbocycles. The van der Waals surface area contributed by atoms with Gasteiger partial charge >= 0.3 is 0 Å². The van der Waals surface area contributed by atoms with Crippen LogP contribution in [0.1, 0.15) is 72.7 Å². The Morgan fingerprint density at radius 3 is 2.64 bits per heavy atom. The molecule has 2 fully saturated rings. The molecule has 2 atom stereocenters. The first-order chi connectivity index (χ1) is 16.2. The minimum absolute atomic E-state index is 0.0122. The molecule has 2 aromatic heterocycles. The van der Waals surface area contributed by atoms with Gasteiger partial charge in [0.05, 0.1) is 13.0 Å². The highest BCUT2D eigenvalue weighted by Gasteiger charge is 2.40. The molecule has 1 aliphatic heterocycles. The topological polar surface area (TPSA) is 81.4 Å². The second kappa shape index (κ2) is 9.73. The van der Waals surface area contributed by atoms with E-state index in [9.17, 15) is 4.79 Å². The third kappa shape index (κ3) is 4.77. The first kappa shape index (κ1) is 21.6. The molecule has 2 unspecified atom stereocenters. The van der Waals surface area contributed by atoms with Gasteiger partial charge in [0.15, 0.2) is 5.82 Å². The number of amides is 1. The number of methoxy groups -OCH3 is 1. The molecule has 1 aliphatic carbocycles. The summed E-state index contributed by atoms with van der Waals surface area (Å²) in [7, 11) is 1.65. The van der Waals surface area contributed by atoms with Crippen LogP contribution in [0.4, 0.5) is 0 Å². The molecule has 33 heavy (non-hydrogen) atoms. The maximum absolute atomic E-state index is 13.1. The van der Waals surface area contributed by atoms with Gasteiger partial charge in [-0.3, -0.25) is 9.78 Å². The van der Waals surface area contributed by atoms with Gasteiger partial charge in [0.2, 0.25) is 11.8 Å². The van der Waals surface area contributed by atoms with Crippen LogP contribution in [0.25, 0.3) is 0 Å². The number of aryl methyl sites for hydroxylation is 1. The average molecular weight is 447 g/mol. The van der Waals surface area contributed by atoms with Gasteiger partial charge in [0.1, 0.15) is 5.75 Å². The summed E-state index contributed by atoms with van der Waals surface area (Å²) >= 11 is 0. The van der Waals surface area contributed by atoms with E-state index in [1.165, 1.54) is 12.8 Å². The predicted molar refractivity (Wildman–Crippen MR) is 123 cm³/mol. The van der Waals surface area contributed by atoms with Crippen LogP contribution in [0, 0.1) is 0 Å². The highest BCUT2D eigenvalue weighted by molar-refractivity contribution is 5.77. The number of carbonyl (C=O) groups excluding carboxylic acids is 1. The van der Waals surface area contributed by atoms with Crippen molar-refractivity contribution in [1.82, 2.24) is 20.0 Å². The lowest BCUT2D eigenvalue weighted by Crippen LogP contribution is -2.29. The van der Waals surface area contributed by atoms with Gasteiger partial charge in [-0.1, -0.05) is 36.2 Å². The first-order valence-electron chi connectivity index (χ1n) is 11.9. The SMILES string of the molecule is COc1ccc(CCC(=O)N2CC(c3cccnc3)C(c3nc(C4CCCC4)no3)C2)cc1. The number of ether oxygens (including phenoxy) is 1. The Labute approximate surface area is 194 Å². The van der Waals surface area contributed by atoms with Crippen LogP contribution < -0.4 is 4.74 Å². The monoisotopic (exact) mass is 446 g/mol. The second-order valence-corrected chi connectivity index (χ2v) is 9.12. The van der Waals surface area contributed by atoms with E-state index >= 15 is 0 Å². The van der Waals surface area contributed by atoms with Crippen molar-refractivity contribution in [2.75, 3.05) is 20.2 Å². The number of pyridine rings is 1. The van der Waals surface area contributed by atoms with Crippen LogP contribution in [-0.4, -0.2) is 46.1 Å². The van der Waals surface area contributed by atoms with Crippen LogP contribution in [0.15, 0.2) is 53.3 Å². The number of aromatic nitrogens is 3. The van der Waals surface area contributed by atoms with Gasteiger partial charge in [-0.2, -0.15) is 4.98 Å². The van der Waals surface area contributed by atoms with Crippen molar-refractivity contribution in [3.05, 3.63) is 71.6 Å². The summed E-state index contributed by atoms with van der Waals surface area (Å²) in [5.41, 5.74) is 2.23. The third-order valence-corrected chi connectivity index (χ3v) is 7.07. The minimum Gasteiger partial charge on any atom is -0.497 e. The van der Waals surface area contributed by atoms with E-state index in [-0.39, 0.29) is 17.7 Å². The standard InChI is InChI=1S/C26H30N4O3/c1-32-21-11-8-18(9-12-21)10-13-24(31)30-16-22(20-7-4-14-27-15-20)23(17-30)26-28-25(29-33-26)19-5-2-3-6-19/h4,7-9,11-12,14-15,19,22-23H,2-3,5-6,10,13,16-17H2,1H3. The van der Waals surface area contributed by atoms with E-state index in [1.54, 1.807) is 13.3 Å². The zero-order valence-electron chi connectivity index (χ0n) is 19.0. The van der Waals surface area contributed by atoms with Crippen molar-refractivity contribution >= 4 is 5.91 Å². The molecule has 7 nitrogen and oxygen atoms in total. The molecule has 3 heterocycles. The summed E-state index contributed by atoms with van der Waals surface area (Å²) in [4.78, 5) is 24.2. The smallest absolute Gasteiger partial charge is 0.232 e. The number of hydrogen-bond donors (Lipinski definition) is 0. The van der Waals surface area contributed by atoms with Crippen molar-refractivity contribution < 1.29 is 14.1 Å². The number of likely N-dealkylation sites (tertiary alicyclic amines) is 1. The molecule has 1 saturated heterocycles. The Hall–Kier alpha value is -3.22. The molecule has 7 heteroatoms. The molecule has 1 amide bonds. The van der Waals surface area contributed by atoms with Gasteiger partial charge in [-0.05, 0) is 48.6 Å². The molecular weight excluding hydrogens is 416 g/mol. The molecule has 0 N–H and O–H groups in total. The number of rotatable bonds is 7. The Bertz CT molecular complexity index is 1060. The van der Waals surface area contributed by atoms with Gasteiger partial charge in [-0.15, -0.1) is 0 Å². The van der Waals surface area contributed by atoms with E-state index in [2.05, 4.69) is 16.2 Å². The van der Waals surface area contributed by atoms with E-state index < -0.39 is 0 Å². The third-order valence-electron chi connectivity index (χ3n) is 7.07. The Morgan fingerprint density at radius 1 is 1.12 bits per heavy atom. The van der Waals surface area contributed by atoms with Gasteiger partial charge < -0.3 is 14.2 Å². The predicted octanol–water partition coefficient (Wildman–Crippen LogP) is 4.47. The summed E-state index contributed by atoms with van der Waals surface area (Å²) in [6.45, 7) is 1.23. The van der Waals surface area contributed by atoms with Crippen molar-refractivity contribution in [3.8, 4) is 5.75 Å². The summed E-state index contributed by atoms with van der Waals surface area (Å²) in [6.07, 6.45) is 9.55.